The lowest BCUT2D eigenvalue weighted by Gasteiger charge is -2.39. The Kier molecular flexibility index (Phi) is 4.84. The second kappa shape index (κ2) is 6.61. The van der Waals surface area contributed by atoms with Crippen LogP contribution in [-0.4, -0.2) is 36.9 Å². The Hall–Kier alpha value is -1.75. The van der Waals surface area contributed by atoms with Gasteiger partial charge in [0.15, 0.2) is 0 Å². The molecule has 0 radical (unpaired) electrons. The third-order valence-corrected chi connectivity index (χ3v) is 3.70. The number of nitrogens with two attached hydrogens (primary N) is 1. The second-order valence-corrected chi connectivity index (χ2v) is 5.00. The van der Waals surface area contributed by atoms with E-state index in [1.807, 2.05) is 6.07 Å². The van der Waals surface area contributed by atoms with E-state index in [1.165, 1.54) is 6.42 Å². The van der Waals surface area contributed by atoms with Crippen LogP contribution in [-0.2, 0) is 4.74 Å². The average molecular weight is 278 g/mol. The molecule has 0 aromatic heterocycles. The molecule has 1 fully saturated rings. The van der Waals surface area contributed by atoms with Crippen molar-refractivity contribution in [3.63, 3.8) is 0 Å². The summed E-state index contributed by atoms with van der Waals surface area (Å²) in [5.41, 5.74) is 7.97. The molecule has 0 aliphatic heterocycles. The van der Waals surface area contributed by atoms with Gasteiger partial charge < -0.3 is 20.5 Å². The standard InChI is InChI=1S/C15H22N2O3/c1-2-20-15(19)11-6-7-14(13(16)10-11)17(8-9-18)12-4-3-5-12/h6-7,10,12,18H,2-5,8-9,16H2,1H3. The van der Waals surface area contributed by atoms with E-state index in [4.69, 9.17) is 10.5 Å². The molecule has 1 aliphatic carbocycles. The first kappa shape index (κ1) is 14.7. The van der Waals surface area contributed by atoms with Crippen LogP contribution in [0, 0.1) is 0 Å². The third-order valence-electron chi connectivity index (χ3n) is 3.70. The van der Waals surface area contributed by atoms with Gasteiger partial charge in [0.1, 0.15) is 0 Å². The topological polar surface area (TPSA) is 75.8 Å². The van der Waals surface area contributed by atoms with Gasteiger partial charge in [0.2, 0.25) is 0 Å². The molecule has 2 rings (SSSR count). The largest absolute Gasteiger partial charge is 0.462 e. The fourth-order valence-corrected chi connectivity index (χ4v) is 2.46. The number of hydrogen-bond donors (Lipinski definition) is 2. The van der Waals surface area contributed by atoms with Crippen LogP contribution in [0.3, 0.4) is 0 Å². The summed E-state index contributed by atoms with van der Waals surface area (Å²) in [6.45, 7) is 2.78. The predicted octanol–water partition coefficient (Wildman–Crippen LogP) is 1.80. The Morgan fingerprint density at radius 3 is 2.75 bits per heavy atom. The van der Waals surface area contributed by atoms with Crippen molar-refractivity contribution in [2.75, 3.05) is 30.4 Å². The molecule has 1 saturated carbocycles. The lowest BCUT2D eigenvalue weighted by Crippen LogP contribution is -2.42. The van der Waals surface area contributed by atoms with Crippen LogP contribution in [0.15, 0.2) is 18.2 Å². The van der Waals surface area contributed by atoms with Crippen LogP contribution in [0.5, 0.6) is 0 Å². The molecule has 5 heteroatoms. The van der Waals surface area contributed by atoms with Gasteiger partial charge in [-0.2, -0.15) is 0 Å². The highest BCUT2D eigenvalue weighted by Gasteiger charge is 2.26. The maximum Gasteiger partial charge on any atom is 0.338 e. The number of carbonyl (C=O) groups excluding carboxylic acids is 1. The Labute approximate surface area is 119 Å². The Bertz CT molecular complexity index is 472. The Balaban J connectivity index is 2.20. The number of nitrogens with zero attached hydrogens (tertiary/aromatic N) is 1. The number of hydrogen-bond acceptors (Lipinski definition) is 5. The quantitative estimate of drug-likeness (QED) is 0.613. The molecule has 0 atom stereocenters. The van der Waals surface area contributed by atoms with Crippen LogP contribution in [0.4, 0.5) is 11.4 Å². The second-order valence-electron chi connectivity index (χ2n) is 5.00. The van der Waals surface area contributed by atoms with Crippen LogP contribution < -0.4 is 10.6 Å². The summed E-state index contributed by atoms with van der Waals surface area (Å²) in [4.78, 5) is 13.8. The van der Waals surface area contributed by atoms with Crippen molar-refractivity contribution in [2.24, 2.45) is 0 Å². The van der Waals surface area contributed by atoms with Crippen molar-refractivity contribution in [1.29, 1.82) is 0 Å². The molecule has 3 N–H and O–H groups in total. The molecule has 0 spiro atoms. The highest BCUT2D eigenvalue weighted by atomic mass is 16.5. The van der Waals surface area contributed by atoms with E-state index >= 15 is 0 Å². The van der Waals surface area contributed by atoms with Gasteiger partial charge in [-0.3, -0.25) is 0 Å². The van der Waals surface area contributed by atoms with E-state index < -0.39 is 0 Å². The van der Waals surface area contributed by atoms with Crippen LogP contribution in [0.25, 0.3) is 0 Å². The maximum absolute atomic E-state index is 11.7. The van der Waals surface area contributed by atoms with Crippen LogP contribution in [0.1, 0.15) is 36.5 Å². The summed E-state index contributed by atoms with van der Waals surface area (Å²) >= 11 is 0. The molecule has 5 nitrogen and oxygen atoms in total. The Morgan fingerprint density at radius 2 is 2.25 bits per heavy atom. The van der Waals surface area contributed by atoms with Gasteiger partial charge in [-0.05, 0) is 44.4 Å². The summed E-state index contributed by atoms with van der Waals surface area (Å²) in [5.74, 6) is -0.358. The molecule has 0 unspecified atom stereocenters. The number of nitrogen functional groups attached to an aromatic ring is 1. The molecule has 20 heavy (non-hydrogen) atoms. The number of aliphatic hydroxyl groups is 1. The van der Waals surface area contributed by atoms with E-state index in [1.54, 1.807) is 19.1 Å². The highest BCUT2D eigenvalue weighted by Crippen LogP contribution is 2.33. The van der Waals surface area contributed by atoms with Crippen LogP contribution in [0.2, 0.25) is 0 Å². The van der Waals surface area contributed by atoms with Gasteiger partial charge in [0.25, 0.3) is 0 Å². The minimum Gasteiger partial charge on any atom is -0.462 e. The predicted molar refractivity (Wildman–Crippen MR) is 78.9 cm³/mol. The molecule has 0 amide bonds. The third kappa shape index (κ3) is 3.04. The minimum atomic E-state index is -0.358. The maximum atomic E-state index is 11.7. The molecule has 1 aromatic rings. The number of rotatable bonds is 6. The number of esters is 1. The van der Waals surface area contributed by atoms with E-state index in [2.05, 4.69) is 4.90 Å². The lowest BCUT2D eigenvalue weighted by molar-refractivity contribution is 0.0526. The zero-order valence-electron chi connectivity index (χ0n) is 11.8. The SMILES string of the molecule is CCOC(=O)c1ccc(N(CCO)C2CCC2)c(N)c1. The van der Waals surface area contributed by atoms with E-state index in [-0.39, 0.29) is 12.6 Å². The molecule has 0 saturated heterocycles. The van der Waals surface area contributed by atoms with Gasteiger partial charge in [-0.15, -0.1) is 0 Å². The number of aliphatic hydroxyl groups excluding tert-OH is 1. The average Bonchev–Trinajstić information content (AvgIpc) is 2.36. The van der Waals surface area contributed by atoms with Gasteiger partial charge >= 0.3 is 5.97 Å². The molecule has 0 heterocycles. The van der Waals surface area contributed by atoms with Crippen molar-refractivity contribution in [1.82, 2.24) is 0 Å². The zero-order valence-corrected chi connectivity index (χ0v) is 11.8. The Morgan fingerprint density at radius 1 is 1.50 bits per heavy atom. The van der Waals surface area contributed by atoms with Crippen molar-refractivity contribution >= 4 is 17.3 Å². The van der Waals surface area contributed by atoms with Crippen LogP contribution >= 0.6 is 0 Å². The number of benzene rings is 1. The molecular weight excluding hydrogens is 256 g/mol. The van der Waals surface area contributed by atoms with Gasteiger partial charge in [-0.1, -0.05) is 0 Å². The summed E-state index contributed by atoms with van der Waals surface area (Å²) in [5, 5.41) is 9.21. The first-order valence-corrected chi connectivity index (χ1v) is 7.11. The summed E-state index contributed by atoms with van der Waals surface area (Å²) in [6, 6.07) is 5.66. The number of carbonyl (C=O) groups is 1. The van der Waals surface area contributed by atoms with Gasteiger partial charge in [-0.25, -0.2) is 4.79 Å². The van der Waals surface area contributed by atoms with E-state index in [0.717, 1.165) is 18.5 Å². The number of ether oxygens (including phenoxy) is 1. The highest BCUT2D eigenvalue weighted by molar-refractivity contribution is 5.92. The number of anilines is 2. The zero-order chi connectivity index (χ0) is 14.5. The molecule has 1 aromatic carbocycles. The lowest BCUT2D eigenvalue weighted by atomic mass is 9.91. The first-order valence-electron chi connectivity index (χ1n) is 7.11. The van der Waals surface area contributed by atoms with E-state index in [9.17, 15) is 9.90 Å². The van der Waals surface area contributed by atoms with Gasteiger partial charge in [0.05, 0.1) is 30.2 Å². The molecule has 1 aliphatic rings. The summed E-state index contributed by atoms with van der Waals surface area (Å²) in [6.07, 6.45) is 3.46. The fourth-order valence-electron chi connectivity index (χ4n) is 2.46. The minimum absolute atomic E-state index is 0.0928. The summed E-state index contributed by atoms with van der Waals surface area (Å²) < 4.78 is 4.96. The smallest absolute Gasteiger partial charge is 0.338 e. The van der Waals surface area contributed by atoms with Crippen molar-refractivity contribution in [3.05, 3.63) is 23.8 Å². The first-order chi connectivity index (χ1) is 9.67. The van der Waals surface area contributed by atoms with E-state index in [0.29, 0.717) is 30.4 Å². The monoisotopic (exact) mass is 278 g/mol. The van der Waals surface area contributed by atoms with Crippen molar-refractivity contribution in [3.8, 4) is 0 Å². The summed E-state index contributed by atoms with van der Waals surface area (Å²) in [7, 11) is 0. The fraction of sp³-hybridized carbons (Fsp3) is 0.533. The van der Waals surface area contributed by atoms with Gasteiger partial charge in [0, 0.05) is 12.6 Å². The van der Waals surface area contributed by atoms with Crippen molar-refractivity contribution in [2.45, 2.75) is 32.2 Å². The molecule has 110 valence electrons. The molecule has 0 bridgehead atoms. The normalized spacial score (nSPS) is 14.7. The molecular formula is C15H22N2O3. The van der Waals surface area contributed by atoms with Crippen molar-refractivity contribution < 1.29 is 14.6 Å².